The molecule has 3 nitrogen and oxygen atoms in total. The molecule has 1 rings (SSSR count). The van der Waals surface area contributed by atoms with Gasteiger partial charge in [0, 0.05) is 0 Å². The van der Waals surface area contributed by atoms with Crippen LogP contribution in [0.4, 0.5) is 57.1 Å². The minimum Gasteiger partial charge on any atom is -0.491 e. The van der Waals surface area contributed by atoms with Crippen LogP contribution in [0.5, 0.6) is 5.75 Å². The quantitative estimate of drug-likeness (QED) is 0.0958. The van der Waals surface area contributed by atoms with Crippen LogP contribution in [-0.4, -0.2) is 55.0 Å². The summed E-state index contributed by atoms with van der Waals surface area (Å²) in [6, 6.07) is 2.12. The third kappa shape index (κ3) is 8.13. The zero-order valence-electron chi connectivity index (χ0n) is 20.9. The summed E-state index contributed by atoms with van der Waals surface area (Å²) in [5.41, 5.74) is -0.410. The van der Waals surface area contributed by atoms with Crippen molar-refractivity contribution in [1.82, 2.24) is 0 Å². The molecule has 0 aromatic heterocycles. The van der Waals surface area contributed by atoms with E-state index in [9.17, 15) is 61.9 Å². The lowest BCUT2D eigenvalue weighted by atomic mass is 9.93. The van der Waals surface area contributed by atoms with Crippen molar-refractivity contribution < 1.29 is 71.3 Å². The van der Waals surface area contributed by atoms with E-state index in [-0.39, 0.29) is 21.3 Å². The van der Waals surface area contributed by atoms with Gasteiger partial charge in [0.25, 0.3) is 0 Å². The fourth-order valence-corrected chi connectivity index (χ4v) is 4.60. The lowest BCUT2D eigenvalue weighted by Crippen LogP contribution is -2.70. The Hall–Kier alpha value is -1.46. The molecule has 1 aromatic carbocycles. The molecule has 0 amide bonds. The Morgan fingerprint density at radius 1 is 0.683 bits per heavy atom. The summed E-state index contributed by atoms with van der Waals surface area (Å²) < 4.78 is 181. The number of ether oxygens (including phenoxy) is 2. The van der Waals surface area contributed by atoms with E-state index < -0.39 is 60.3 Å². The van der Waals surface area contributed by atoms with Gasteiger partial charge in [-0.1, -0.05) is 39.0 Å². The van der Waals surface area contributed by atoms with Gasteiger partial charge < -0.3 is 9.47 Å². The van der Waals surface area contributed by atoms with E-state index in [2.05, 4.69) is 43.5 Å². The van der Waals surface area contributed by atoms with Crippen LogP contribution in [-0.2, 0) is 4.74 Å². The van der Waals surface area contributed by atoms with Crippen molar-refractivity contribution in [3.05, 3.63) is 26.6 Å². The molecule has 0 saturated carbocycles. The zero-order valence-corrected chi connectivity index (χ0v) is 24.1. The Bertz CT molecular complexity index is 1010. The van der Waals surface area contributed by atoms with Crippen LogP contribution < -0.4 is 4.74 Å². The van der Waals surface area contributed by atoms with Crippen LogP contribution in [0.1, 0.15) is 62.2 Å². The predicted molar refractivity (Wildman–Crippen MR) is 126 cm³/mol. The van der Waals surface area contributed by atoms with E-state index in [0.29, 0.717) is 6.42 Å². The number of esters is 1. The summed E-state index contributed by atoms with van der Waals surface area (Å²) >= 11 is 6.18. The van der Waals surface area contributed by atoms with Crippen molar-refractivity contribution >= 4 is 37.8 Å². The molecule has 0 unspecified atom stereocenters. The Balaban J connectivity index is 2.90. The molecule has 0 aliphatic heterocycles. The molecule has 0 fully saturated rings. The van der Waals surface area contributed by atoms with Gasteiger partial charge in [-0.2, -0.15) is 57.1 Å². The second kappa shape index (κ2) is 13.9. The number of hydrogen-bond acceptors (Lipinski definition) is 3. The molecule has 0 spiro atoms. The summed E-state index contributed by atoms with van der Waals surface area (Å²) in [5.74, 6) is -38.7. The molecule has 1 aromatic rings. The van der Waals surface area contributed by atoms with Crippen LogP contribution in [0, 0.1) is 0 Å². The summed E-state index contributed by atoms with van der Waals surface area (Å²) in [5, 5.41) is 0. The Labute approximate surface area is 242 Å². The molecule has 238 valence electrons. The molecule has 0 heterocycles. The molecule has 0 saturated heterocycles. The second-order valence-electron chi connectivity index (χ2n) is 8.77. The van der Waals surface area contributed by atoms with E-state index in [0.717, 1.165) is 44.2 Å². The fourth-order valence-electron chi connectivity index (χ4n) is 3.19. The van der Waals surface area contributed by atoms with Crippen molar-refractivity contribution in [3.63, 3.8) is 0 Å². The van der Waals surface area contributed by atoms with E-state index in [1.54, 1.807) is 0 Å². The highest BCUT2D eigenvalue weighted by molar-refractivity contribution is 9.11. The number of halogens is 15. The van der Waals surface area contributed by atoms with Crippen molar-refractivity contribution in [2.75, 3.05) is 13.2 Å². The van der Waals surface area contributed by atoms with Crippen molar-refractivity contribution in [1.29, 1.82) is 0 Å². The monoisotopic (exact) mass is 752 g/mol. The fraction of sp³-hybridized carbons (Fsp3) is 0.696. The number of carbonyl (C=O) groups excluding carboxylic acids is 1. The maximum atomic E-state index is 13.9. The third-order valence-corrected chi connectivity index (χ3v) is 6.80. The number of unbranched alkanes of at least 4 members (excludes halogenated alkanes) is 5. The highest BCUT2D eigenvalue weighted by Gasteiger charge is 2.90. The smallest absolute Gasteiger partial charge is 0.460 e. The first kappa shape index (κ1) is 37.6. The van der Waals surface area contributed by atoms with Gasteiger partial charge in [0.05, 0.1) is 34.1 Å². The highest BCUT2D eigenvalue weighted by atomic mass is 79.9. The molecule has 18 heteroatoms. The maximum absolute atomic E-state index is 13.9. The Kier molecular flexibility index (Phi) is 12.7. The predicted octanol–water partition coefficient (Wildman–Crippen LogP) is 10.2. The third-order valence-electron chi connectivity index (χ3n) is 5.63. The average molecular weight is 754 g/mol. The second-order valence-corrected chi connectivity index (χ2v) is 10.5. The van der Waals surface area contributed by atoms with Gasteiger partial charge in [-0.3, -0.25) is 0 Å². The van der Waals surface area contributed by atoms with Crippen molar-refractivity contribution in [2.24, 2.45) is 0 Å². The van der Waals surface area contributed by atoms with Crippen molar-refractivity contribution in [3.8, 4) is 5.75 Å². The van der Waals surface area contributed by atoms with E-state index >= 15 is 0 Å². The maximum Gasteiger partial charge on any atom is 0.460 e. The molecule has 0 N–H and O–H groups in total. The van der Waals surface area contributed by atoms with Crippen LogP contribution in [0.15, 0.2) is 21.1 Å². The summed E-state index contributed by atoms with van der Waals surface area (Å²) in [6.45, 7) is 0.508. The lowest BCUT2D eigenvalue weighted by Gasteiger charge is -2.39. The summed E-state index contributed by atoms with van der Waals surface area (Å²) in [4.78, 5) is 12.2. The molecule has 0 radical (unpaired) electrons. The molecular weight excluding hydrogens is 731 g/mol. The van der Waals surface area contributed by atoms with E-state index in [1.165, 1.54) is 0 Å². The van der Waals surface area contributed by atoms with Gasteiger partial charge in [-0.15, -0.1) is 0 Å². The van der Waals surface area contributed by atoms with Gasteiger partial charge in [0.1, 0.15) is 5.75 Å². The standard InChI is InChI=1S/C23H23Br2F13O3/c1-2-3-4-5-6-7-9-40-16-14(24)11-13(12-15(16)25)17(39)41-10-8-18(26,27)19(28,29)20(30,31)21(32,33)22(34,35)23(36,37)38/h11-12H,2-10H2,1H3. The highest BCUT2D eigenvalue weighted by Crippen LogP contribution is 2.60. The molecule has 0 aliphatic carbocycles. The number of benzene rings is 1. The van der Waals surface area contributed by atoms with Gasteiger partial charge in [-0.25, -0.2) is 4.79 Å². The lowest BCUT2D eigenvalue weighted by molar-refractivity contribution is -0.440. The van der Waals surface area contributed by atoms with Crippen LogP contribution in [0.25, 0.3) is 0 Å². The number of rotatable bonds is 16. The average Bonchev–Trinajstić information content (AvgIpc) is 2.83. The minimum atomic E-state index is -7.99. The van der Waals surface area contributed by atoms with E-state index in [4.69, 9.17) is 4.74 Å². The molecule has 41 heavy (non-hydrogen) atoms. The summed E-state index contributed by atoms with van der Waals surface area (Å²) in [7, 11) is 0. The molecular formula is C23H23Br2F13O3. The van der Waals surface area contributed by atoms with Gasteiger partial charge >= 0.3 is 41.8 Å². The van der Waals surface area contributed by atoms with Crippen LogP contribution >= 0.6 is 31.9 Å². The SMILES string of the molecule is CCCCCCCCOc1c(Br)cc(C(=O)OCCC(F)(F)C(F)(F)C(F)(F)C(F)(F)C(F)(F)C(F)(F)F)cc1Br. The number of alkyl halides is 13. The van der Waals surface area contributed by atoms with Crippen molar-refractivity contribution in [2.45, 2.75) is 87.7 Å². The normalized spacial score (nSPS) is 13.9. The molecule has 0 aliphatic rings. The molecule has 0 atom stereocenters. The molecule has 0 bridgehead atoms. The topological polar surface area (TPSA) is 35.5 Å². The van der Waals surface area contributed by atoms with Gasteiger partial charge in [-0.05, 0) is 50.4 Å². The van der Waals surface area contributed by atoms with Crippen LogP contribution in [0.2, 0.25) is 0 Å². The van der Waals surface area contributed by atoms with Crippen LogP contribution in [0.3, 0.4) is 0 Å². The van der Waals surface area contributed by atoms with Gasteiger partial charge in [0.15, 0.2) is 0 Å². The first-order valence-electron chi connectivity index (χ1n) is 11.7. The number of carbonyl (C=O) groups is 1. The zero-order chi connectivity index (χ0) is 32.1. The first-order valence-corrected chi connectivity index (χ1v) is 13.3. The summed E-state index contributed by atoms with van der Waals surface area (Å²) in [6.07, 6.45) is -4.32. The Morgan fingerprint density at radius 3 is 1.63 bits per heavy atom. The minimum absolute atomic E-state index is 0.147. The van der Waals surface area contributed by atoms with Gasteiger partial charge in [0.2, 0.25) is 0 Å². The first-order chi connectivity index (χ1) is 18.5. The number of hydrogen-bond donors (Lipinski definition) is 0. The largest absolute Gasteiger partial charge is 0.491 e. The Morgan fingerprint density at radius 2 is 1.15 bits per heavy atom. The van der Waals surface area contributed by atoms with E-state index in [1.807, 2.05) is 0 Å².